The highest BCUT2D eigenvalue weighted by molar-refractivity contribution is 5.89. The average molecular weight is 177 g/mol. The molecular weight excluding hydrogens is 170 g/mol. The summed E-state index contributed by atoms with van der Waals surface area (Å²) in [5.41, 5.74) is 0.558. The van der Waals surface area contributed by atoms with E-state index in [9.17, 15) is 4.79 Å². The maximum absolute atomic E-state index is 10.6. The van der Waals surface area contributed by atoms with E-state index in [4.69, 9.17) is 15.5 Å². The summed E-state index contributed by atoms with van der Waals surface area (Å²) in [5.74, 6) is -1.14. The molecule has 0 fully saturated rings. The van der Waals surface area contributed by atoms with Gasteiger partial charge >= 0.3 is 5.97 Å². The van der Waals surface area contributed by atoms with Crippen LogP contribution in [0.25, 0.3) is 0 Å². The third kappa shape index (κ3) is 1.83. The van der Waals surface area contributed by atoms with Gasteiger partial charge in [0.15, 0.2) is 0 Å². The SMILES string of the molecule is N#Cc1ccc(CO)c(C(=O)O)c1. The molecule has 1 rings (SSSR count). The largest absolute Gasteiger partial charge is 0.478 e. The Hall–Kier alpha value is -1.86. The van der Waals surface area contributed by atoms with Gasteiger partial charge in [0.2, 0.25) is 0 Å². The quantitative estimate of drug-likeness (QED) is 0.698. The van der Waals surface area contributed by atoms with Crippen LogP contribution in [0.15, 0.2) is 18.2 Å². The van der Waals surface area contributed by atoms with E-state index in [0.717, 1.165) is 0 Å². The van der Waals surface area contributed by atoms with Crippen LogP contribution in [0.1, 0.15) is 21.5 Å². The molecule has 0 heterocycles. The summed E-state index contributed by atoms with van der Waals surface area (Å²) < 4.78 is 0. The summed E-state index contributed by atoms with van der Waals surface area (Å²) in [6.07, 6.45) is 0. The third-order valence-corrected chi connectivity index (χ3v) is 1.64. The van der Waals surface area contributed by atoms with Gasteiger partial charge in [-0.1, -0.05) is 6.07 Å². The molecule has 1 aromatic carbocycles. The molecule has 1 aromatic rings. The highest BCUT2D eigenvalue weighted by atomic mass is 16.4. The number of aliphatic hydroxyl groups is 1. The van der Waals surface area contributed by atoms with Crippen molar-refractivity contribution in [3.8, 4) is 6.07 Å². The van der Waals surface area contributed by atoms with Crippen molar-refractivity contribution in [1.82, 2.24) is 0 Å². The second-order valence-electron chi connectivity index (χ2n) is 2.45. The van der Waals surface area contributed by atoms with E-state index in [1.54, 1.807) is 0 Å². The van der Waals surface area contributed by atoms with E-state index in [2.05, 4.69) is 0 Å². The van der Waals surface area contributed by atoms with E-state index in [0.29, 0.717) is 5.56 Å². The number of carboxylic acid groups (broad SMARTS) is 1. The van der Waals surface area contributed by atoms with Crippen molar-refractivity contribution in [2.45, 2.75) is 6.61 Å². The standard InChI is InChI=1S/C9H7NO3/c10-4-6-1-2-7(5-11)8(3-6)9(12)13/h1-3,11H,5H2,(H,12,13). The second kappa shape index (κ2) is 3.70. The molecule has 0 aliphatic carbocycles. The summed E-state index contributed by atoms with van der Waals surface area (Å²) in [7, 11) is 0. The van der Waals surface area contributed by atoms with Gasteiger partial charge in [-0.2, -0.15) is 5.26 Å². The van der Waals surface area contributed by atoms with Crippen LogP contribution in [-0.2, 0) is 6.61 Å². The fraction of sp³-hybridized carbons (Fsp3) is 0.111. The monoisotopic (exact) mass is 177 g/mol. The fourth-order valence-corrected chi connectivity index (χ4v) is 0.983. The van der Waals surface area contributed by atoms with Gasteiger partial charge in [-0.25, -0.2) is 4.79 Å². The highest BCUT2D eigenvalue weighted by Gasteiger charge is 2.09. The maximum Gasteiger partial charge on any atom is 0.336 e. The van der Waals surface area contributed by atoms with Crippen molar-refractivity contribution >= 4 is 5.97 Å². The molecule has 0 saturated heterocycles. The molecule has 0 aliphatic heterocycles. The van der Waals surface area contributed by atoms with E-state index in [1.807, 2.05) is 6.07 Å². The van der Waals surface area contributed by atoms with E-state index >= 15 is 0 Å². The lowest BCUT2D eigenvalue weighted by Crippen LogP contribution is -2.02. The zero-order valence-electron chi connectivity index (χ0n) is 6.69. The predicted octanol–water partition coefficient (Wildman–Crippen LogP) is 0.749. The molecule has 0 saturated carbocycles. The number of aliphatic hydroxyl groups excluding tert-OH is 1. The van der Waals surface area contributed by atoms with Gasteiger partial charge in [-0.05, 0) is 17.7 Å². The Balaban J connectivity index is 3.28. The number of aromatic carboxylic acids is 1. The van der Waals surface area contributed by atoms with Gasteiger partial charge < -0.3 is 10.2 Å². The Morgan fingerprint density at radius 2 is 2.23 bits per heavy atom. The van der Waals surface area contributed by atoms with Crippen molar-refractivity contribution in [3.63, 3.8) is 0 Å². The minimum absolute atomic E-state index is 0.0263. The first-order valence-corrected chi connectivity index (χ1v) is 3.56. The normalized spacial score (nSPS) is 9.23. The van der Waals surface area contributed by atoms with E-state index < -0.39 is 5.97 Å². The van der Waals surface area contributed by atoms with E-state index in [-0.39, 0.29) is 17.7 Å². The molecule has 0 unspecified atom stereocenters. The Morgan fingerprint density at radius 3 is 2.69 bits per heavy atom. The molecule has 4 nitrogen and oxygen atoms in total. The molecule has 0 radical (unpaired) electrons. The third-order valence-electron chi connectivity index (χ3n) is 1.64. The zero-order chi connectivity index (χ0) is 9.84. The van der Waals surface area contributed by atoms with Crippen molar-refractivity contribution in [2.24, 2.45) is 0 Å². The number of carboxylic acids is 1. The fourth-order valence-electron chi connectivity index (χ4n) is 0.983. The summed E-state index contributed by atoms with van der Waals surface area (Å²) in [4.78, 5) is 10.6. The first-order chi connectivity index (χ1) is 6.19. The minimum Gasteiger partial charge on any atom is -0.478 e. The van der Waals surface area contributed by atoms with Crippen molar-refractivity contribution in [1.29, 1.82) is 5.26 Å². The van der Waals surface area contributed by atoms with Gasteiger partial charge in [0.05, 0.1) is 23.8 Å². The minimum atomic E-state index is -1.14. The van der Waals surface area contributed by atoms with E-state index in [1.165, 1.54) is 18.2 Å². The first kappa shape index (κ1) is 9.23. The van der Waals surface area contributed by atoms with Crippen LogP contribution < -0.4 is 0 Å². The molecule has 0 spiro atoms. The Morgan fingerprint density at radius 1 is 1.54 bits per heavy atom. The van der Waals surface area contributed by atoms with Gasteiger partial charge in [0, 0.05) is 0 Å². The number of benzene rings is 1. The van der Waals surface area contributed by atoms with Crippen molar-refractivity contribution in [2.75, 3.05) is 0 Å². The Labute approximate surface area is 74.7 Å². The number of hydrogen-bond acceptors (Lipinski definition) is 3. The summed E-state index contributed by atoms with van der Waals surface area (Å²) in [5, 5.41) is 26.0. The lowest BCUT2D eigenvalue weighted by Gasteiger charge is -2.01. The molecule has 2 N–H and O–H groups in total. The molecule has 4 heteroatoms. The highest BCUT2D eigenvalue weighted by Crippen LogP contribution is 2.11. The molecule has 66 valence electrons. The van der Waals surface area contributed by atoms with Gasteiger partial charge in [-0.3, -0.25) is 0 Å². The molecular formula is C9H7NO3. The molecule has 0 aromatic heterocycles. The lowest BCUT2D eigenvalue weighted by atomic mass is 10.1. The van der Waals surface area contributed by atoms with Crippen LogP contribution >= 0.6 is 0 Å². The zero-order valence-corrected chi connectivity index (χ0v) is 6.69. The molecule has 0 amide bonds. The van der Waals surface area contributed by atoms with Crippen LogP contribution in [0.2, 0.25) is 0 Å². The van der Waals surface area contributed by atoms with Gasteiger partial charge in [0.25, 0.3) is 0 Å². The van der Waals surface area contributed by atoms with Crippen LogP contribution in [0.5, 0.6) is 0 Å². The Kier molecular flexibility index (Phi) is 2.62. The summed E-state index contributed by atoms with van der Waals surface area (Å²) in [6.45, 7) is -0.340. The summed E-state index contributed by atoms with van der Waals surface area (Å²) >= 11 is 0. The van der Waals surface area contributed by atoms with Gasteiger partial charge in [0.1, 0.15) is 0 Å². The van der Waals surface area contributed by atoms with Crippen LogP contribution in [0.4, 0.5) is 0 Å². The topological polar surface area (TPSA) is 81.3 Å². The van der Waals surface area contributed by atoms with Crippen LogP contribution in [-0.4, -0.2) is 16.2 Å². The molecule has 0 atom stereocenters. The molecule has 0 bridgehead atoms. The number of carbonyl (C=O) groups is 1. The molecule has 13 heavy (non-hydrogen) atoms. The van der Waals surface area contributed by atoms with Crippen LogP contribution in [0.3, 0.4) is 0 Å². The van der Waals surface area contributed by atoms with Crippen molar-refractivity contribution < 1.29 is 15.0 Å². The number of nitrogens with zero attached hydrogens (tertiary/aromatic N) is 1. The lowest BCUT2D eigenvalue weighted by molar-refractivity contribution is 0.0693. The average Bonchev–Trinajstić information content (AvgIpc) is 2.16. The smallest absolute Gasteiger partial charge is 0.336 e. The Bertz CT molecular complexity index is 379. The summed E-state index contributed by atoms with van der Waals surface area (Å²) in [6, 6.07) is 5.98. The van der Waals surface area contributed by atoms with Crippen LogP contribution in [0, 0.1) is 11.3 Å². The van der Waals surface area contributed by atoms with Gasteiger partial charge in [-0.15, -0.1) is 0 Å². The number of nitriles is 1. The predicted molar refractivity (Wildman–Crippen MR) is 44.0 cm³/mol. The first-order valence-electron chi connectivity index (χ1n) is 3.56. The second-order valence-corrected chi connectivity index (χ2v) is 2.45. The number of hydrogen-bond donors (Lipinski definition) is 2. The van der Waals surface area contributed by atoms with Crippen molar-refractivity contribution in [3.05, 3.63) is 34.9 Å². The number of rotatable bonds is 2. The maximum atomic E-state index is 10.6. The molecule has 0 aliphatic rings.